The van der Waals surface area contributed by atoms with Gasteiger partial charge in [0, 0.05) is 11.5 Å². The lowest BCUT2D eigenvalue weighted by Crippen LogP contribution is -2.13. The molecule has 3 aromatic rings. The summed E-state index contributed by atoms with van der Waals surface area (Å²) in [5.74, 6) is 0.549. The van der Waals surface area contributed by atoms with E-state index in [9.17, 15) is 10.1 Å². The normalized spacial score (nSPS) is 11.9. The van der Waals surface area contributed by atoms with Crippen molar-refractivity contribution in [2.45, 2.75) is 40.0 Å². The number of hydrogen-bond donors (Lipinski definition) is 2. The van der Waals surface area contributed by atoms with E-state index in [2.05, 4.69) is 36.6 Å². The van der Waals surface area contributed by atoms with Crippen LogP contribution in [-0.4, -0.2) is 38.0 Å². The molecule has 0 aliphatic rings. The van der Waals surface area contributed by atoms with Gasteiger partial charge in [0.05, 0.1) is 18.9 Å². The van der Waals surface area contributed by atoms with E-state index < -0.39 is 5.56 Å². The number of rotatable bonds is 6. The van der Waals surface area contributed by atoms with Crippen molar-refractivity contribution < 1.29 is 9.47 Å². The van der Waals surface area contributed by atoms with Gasteiger partial charge < -0.3 is 14.5 Å². The Morgan fingerprint density at radius 3 is 2.59 bits per heavy atom. The van der Waals surface area contributed by atoms with E-state index in [0.717, 1.165) is 0 Å². The second-order valence-corrected chi connectivity index (χ2v) is 7.11. The molecule has 11 nitrogen and oxygen atoms in total. The first-order chi connectivity index (χ1) is 13.8. The monoisotopic (exact) mass is 398 g/mol. The third-order valence-electron chi connectivity index (χ3n) is 3.97. The molecule has 0 unspecified atom stereocenters. The lowest BCUT2D eigenvalue weighted by molar-refractivity contribution is 0.306. The highest BCUT2D eigenvalue weighted by atomic mass is 16.5. The molecule has 0 radical (unpaired) electrons. The van der Waals surface area contributed by atoms with Crippen LogP contribution in [0.4, 0.5) is 11.5 Å². The number of fused-ring (bicyclic) bond motifs is 1. The third-order valence-corrected chi connectivity index (χ3v) is 3.97. The lowest BCUT2D eigenvalue weighted by Gasteiger charge is -2.15. The van der Waals surface area contributed by atoms with Crippen LogP contribution in [0.1, 0.15) is 45.9 Å². The topological polar surface area (TPSA) is 146 Å². The summed E-state index contributed by atoms with van der Waals surface area (Å²) in [6, 6.07) is 3.68. The zero-order valence-electron chi connectivity index (χ0n) is 16.9. The molecule has 0 spiro atoms. The van der Waals surface area contributed by atoms with Gasteiger partial charge in [-0.1, -0.05) is 20.8 Å². The van der Waals surface area contributed by atoms with E-state index in [0.29, 0.717) is 23.8 Å². The highest BCUT2D eigenvalue weighted by Gasteiger charge is 2.24. The fourth-order valence-corrected chi connectivity index (χ4v) is 2.70. The first kappa shape index (κ1) is 20.1. The fourth-order valence-electron chi connectivity index (χ4n) is 2.70. The van der Waals surface area contributed by atoms with Crippen LogP contribution in [-0.2, 0) is 5.41 Å². The van der Waals surface area contributed by atoms with Gasteiger partial charge in [-0.25, -0.2) is 0 Å². The average Bonchev–Trinajstić information content (AvgIpc) is 3.24. The molecule has 0 bridgehead atoms. The molecule has 3 heterocycles. The first-order valence-electron chi connectivity index (χ1n) is 9.12. The van der Waals surface area contributed by atoms with Gasteiger partial charge in [0.15, 0.2) is 0 Å². The maximum absolute atomic E-state index is 12.6. The highest BCUT2D eigenvalue weighted by Crippen LogP contribution is 2.31. The summed E-state index contributed by atoms with van der Waals surface area (Å²) in [4.78, 5) is 15.2. The molecule has 3 rings (SSSR count). The van der Waals surface area contributed by atoms with Crippen molar-refractivity contribution in [2.24, 2.45) is 10.2 Å². The van der Waals surface area contributed by atoms with Gasteiger partial charge in [-0.2, -0.15) is 14.9 Å². The summed E-state index contributed by atoms with van der Waals surface area (Å²) in [5.41, 5.74) is 0.371. The van der Waals surface area contributed by atoms with Crippen molar-refractivity contribution >= 4 is 17.2 Å². The van der Waals surface area contributed by atoms with Gasteiger partial charge in [0.2, 0.25) is 17.4 Å². The smallest absolute Gasteiger partial charge is 0.283 e. The minimum Gasteiger partial charge on any atom is -0.477 e. The van der Waals surface area contributed by atoms with Gasteiger partial charge in [-0.05, 0) is 13.8 Å². The Bertz CT molecular complexity index is 1160. The Labute approximate surface area is 166 Å². The number of H-pyrrole nitrogens is 2. The zero-order chi connectivity index (χ0) is 21.2. The number of azo groups is 1. The van der Waals surface area contributed by atoms with Crippen molar-refractivity contribution in [2.75, 3.05) is 13.2 Å². The first-order valence-corrected chi connectivity index (χ1v) is 9.12. The predicted octanol–water partition coefficient (Wildman–Crippen LogP) is 3.13. The van der Waals surface area contributed by atoms with Gasteiger partial charge in [-0.15, -0.1) is 15.3 Å². The molecule has 0 atom stereocenters. The highest BCUT2D eigenvalue weighted by molar-refractivity contribution is 5.56. The molecule has 2 N–H and O–H groups in total. The van der Waals surface area contributed by atoms with Crippen LogP contribution < -0.4 is 15.0 Å². The Morgan fingerprint density at radius 1 is 1.24 bits per heavy atom. The maximum Gasteiger partial charge on any atom is 0.283 e. The molecule has 11 heteroatoms. The third kappa shape index (κ3) is 3.82. The number of nitriles is 1. The maximum atomic E-state index is 12.6. The number of aromatic amines is 2. The fraction of sp³-hybridized carbons (Fsp3) is 0.444. The van der Waals surface area contributed by atoms with Crippen LogP contribution in [0.15, 0.2) is 21.1 Å². The Kier molecular flexibility index (Phi) is 5.36. The summed E-state index contributed by atoms with van der Waals surface area (Å²) in [6.07, 6.45) is 0. The Balaban J connectivity index is 2.12. The molecule has 29 heavy (non-hydrogen) atoms. The lowest BCUT2D eigenvalue weighted by atomic mass is 9.90. The number of ether oxygens (including phenoxy) is 2. The van der Waals surface area contributed by atoms with Crippen molar-refractivity contribution in [1.29, 1.82) is 5.26 Å². The molecule has 0 aromatic carbocycles. The van der Waals surface area contributed by atoms with Crippen molar-refractivity contribution in [3.8, 4) is 17.8 Å². The average molecular weight is 398 g/mol. The SMILES string of the molecule is CCOc1cc2[nH]c(=O)c(N=Nc3n[nH]c(C(C)(C)C)c3C#N)c(OCC)n2n1. The number of nitrogens with one attached hydrogen (secondary N) is 2. The molecule has 3 aromatic heterocycles. The summed E-state index contributed by atoms with van der Waals surface area (Å²) < 4.78 is 12.4. The number of nitrogens with zero attached hydrogens (tertiary/aromatic N) is 6. The van der Waals surface area contributed by atoms with E-state index in [1.165, 1.54) is 4.52 Å². The van der Waals surface area contributed by atoms with Gasteiger partial charge in [0.1, 0.15) is 17.3 Å². The van der Waals surface area contributed by atoms with Crippen molar-refractivity contribution in [3.05, 3.63) is 27.7 Å². The standard InChI is InChI=1S/C18H22N8O3/c1-6-28-12-8-11-20-16(27)13(17(29-7-2)26(11)25-12)21-23-15-10(9-19)14(22-24-15)18(3,4)5/h8H,6-7H2,1-5H3,(H,20,27)(H,22,24). The molecule has 0 aliphatic carbocycles. The molecule has 0 amide bonds. The molecule has 0 saturated heterocycles. The number of hydrogen-bond acceptors (Lipinski definition) is 8. The molecule has 0 aliphatic heterocycles. The van der Waals surface area contributed by atoms with Crippen LogP contribution in [0.25, 0.3) is 5.65 Å². The van der Waals surface area contributed by atoms with E-state index in [-0.39, 0.29) is 35.0 Å². The second-order valence-electron chi connectivity index (χ2n) is 7.11. The predicted molar refractivity (Wildman–Crippen MR) is 104 cm³/mol. The van der Waals surface area contributed by atoms with Crippen LogP contribution in [0.2, 0.25) is 0 Å². The van der Waals surface area contributed by atoms with Crippen LogP contribution in [0.3, 0.4) is 0 Å². The molecule has 152 valence electrons. The minimum absolute atomic E-state index is 0.0882. The molecule has 0 fully saturated rings. The number of aromatic nitrogens is 5. The summed E-state index contributed by atoms with van der Waals surface area (Å²) >= 11 is 0. The second kappa shape index (κ2) is 7.75. The zero-order valence-corrected chi connectivity index (χ0v) is 16.9. The Morgan fingerprint density at radius 2 is 1.97 bits per heavy atom. The van der Waals surface area contributed by atoms with E-state index in [1.807, 2.05) is 27.7 Å². The van der Waals surface area contributed by atoms with Crippen molar-refractivity contribution in [1.82, 2.24) is 24.8 Å². The summed E-state index contributed by atoms with van der Waals surface area (Å²) in [7, 11) is 0. The summed E-state index contributed by atoms with van der Waals surface area (Å²) in [6.45, 7) is 10.2. The molecular weight excluding hydrogens is 376 g/mol. The quantitative estimate of drug-likeness (QED) is 0.610. The van der Waals surface area contributed by atoms with E-state index in [1.54, 1.807) is 13.0 Å². The van der Waals surface area contributed by atoms with Crippen LogP contribution in [0.5, 0.6) is 11.8 Å². The largest absolute Gasteiger partial charge is 0.477 e. The summed E-state index contributed by atoms with van der Waals surface area (Å²) in [5, 5.41) is 28.7. The Hall–Kier alpha value is -3.68. The van der Waals surface area contributed by atoms with Crippen LogP contribution >= 0.6 is 0 Å². The van der Waals surface area contributed by atoms with Gasteiger partial charge in [-0.3, -0.25) is 9.89 Å². The van der Waals surface area contributed by atoms with E-state index in [4.69, 9.17) is 9.47 Å². The van der Waals surface area contributed by atoms with Gasteiger partial charge >= 0.3 is 0 Å². The molecular formula is C18H22N8O3. The minimum atomic E-state index is -0.516. The van der Waals surface area contributed by atoms with Gasteiger partial charge in [0.25, 0.3) is 11.4 Å². The van der Waals surface area contributed by atoms with E-state index >= 15 is 0 Å². The van der Waals surface area contributed by atoms with Crippen LogP contribution in [0, 0.1) is 11.3 Å². The molecule has 0 saturated carbocycles. The van der Waals surface area contributed by atoms with Crippen molar-refractivity contribution in [3.63, 3.8) is 0 Å².